The molecule has 1 unspecified atom stereocenters. The molecule has 0 saturated heterocycles. The molecule has 10 heteroatoms. The van der Waals surface area contributed by atoms with Gasteiger partial charge in [0.1, 0.15) is 16.5 Å². The number of halogens is 1. The van der Waals surface area contributed by atoms with Crippen LogP contribution in [0.25, 0.3) is 11.1 Å². The van der Waals surface area contributed by atoms with Gasteiger partial charge in [0.2, 0.25) is 0 Å². The highest BCUT2D eigenvalue weighted by Crippen LogP contribution is 2.45. The number of benzene rings is 1. The highest BCUT2D eigenvalue weighted by atomic mass is 32.2. The van der Waals surface area contributed by atoms with Gasteiger partial charge in [-0.2, -0.15) is 8.42 Å². The van der Waals surface area contributed by atoms with Crippen LogP contribution in [0.5, 0.6) is 0 Å². The van der Waals surface area contributed by atoms with Crippen LogP contribution in [0.15, 0.2) is 18.2 Å². The van der Waals surface area contributed by atoms with Crippen LogP contribution < -0.4 is 4.72 Å². The molecule has 0 amide bonds. The van der Waals surface area contributed by atoms with Crippen LogP contribution in [-0.2, 0) is 33.8 Å². The van der Waals surface area contributed by atoms with Crippen molar-refractivity contribution in [3.05, 3.63) is 46.5 Å². The molecule has 2 N–H and O–H groups in total. The van der Waals surface area contributed by atoms with E-state index < -0.39 is 32.1 Å². The molecule has 1 heterocycles. The van der Waals surface area contributed by atoms with Crippen LogP contribution >= 0.6 is 0 Å². The summed E-state index contributed by atoms with van der Waals surface area (Å²) in [7, 11) is -7.43. The van der Waals surface area contributed by atoms with Crippen molar-refractivity contribution >= 4 is 26.7 Å². The monoisotopic (exact) mass is 496 g/mol. The molecule has 33 heavy (non-hydrogen) atoms. The van der Waals surface area contributed by atoms with E-state index in [1.165, 1.54) is 25.1 Å². The molecular formula is C23H29FN2O5S2. The Morgan fingerprint density at radius 3 is 2.48 bits per heavy atom. The number of thiol groups is 1. The second kappa shape index (κ2) is 9.68. The Morgan fingerprint density at radius 1 is 1.12 bits per heavy atom. The molecule has 2 aliphatic rings. The highest BCUT2D eigenvalue weighted by molar-refractivity contribution is 7.87. The van der Waals surface area contributed by atoms with Gasteiger partial charge >= 0.3 is 10.3 Å². The van der Waals surface area contributed by atoms with Gasteiger partial charge in [-0.25, -0.2) is 12.8 Å². The van der Waals surface area contributed by atoms with Crippen molar-refractivity contribution in [2.45, 2.75) is 75.9 Å². The number of anilines is 1. The van der Waals surface area contributed by atoms with Gasteiger partial charge in [-0.1, -0.05) is 25.3 Å². The molecule has 1 fully saturated rings. The summed E-state index contributed by atoms with van der Waals surface area (Å²) < 4.78 is 74.4. The average Bonchev–Trinajstić information content (AvgIpc) is 2.78. The number of hydrogen-bond donors (Lipinski definition) is 3. The molecule has 0 spiro atoms. The van der Waals surface area contributed by atoms with E-state index in [-0.39, 0.29) is 17.2 Å². The summed E-state index contributed by atoms with van der Waals surface area (Å²) in [5, 5.41) is -0.826. The molecule has 1 saturated carbocycles. The molecule has 1 aromatic carbocycles. The van der Waals surface area contributed by atoms with Crippen LogP contribution in [0, 0.1) is 5.82 Å². The number of nitrogens with zero attached hydrogens (tertiary/aromatic N) is 1. The molecule has 180 valence electrons. The van der Waals surface area contributed by atoms with Gasteiger partial charge in [0.25, 0.3) is 0 Å². The molecule has 2 aromatic rings. The smallest absolute Gasteiger partial charge is 0.269 e. The van der Waals surface area contributed by atoms with Gasteiger partial charge < -0.3 is 0 Å². The van der Waals surface area contributed by atoms with E-state index in [0.717, 1.165) is 56.2 Å². The Balaban J connectivity index is 2.03. The maximum Gasteiger partial charge on any atom is 0.357 e. The van der Waals surface area contributed by atoms with Crippen molar-refractivity contribution in [3.63, 3.8) is 0 Å². The summed E-state index contributed by atoms with van der Waals surface area (Å²) in [4.78, 5) is 4.87. The minimum atomic E-state index is -4.66. The Hall–Kier alpha value is -2.04. The number of aromatic nitrogens is 1. The fourth-order valence-electron chi connectivity index (χ4n) is 5.08. The molecule has 0 aliphatic heterocycles. The first kappa shape index (κ1) is 24.1. The summed E-state index contributed by atoms with van der Waals surface area (Å²) in [6.07, 6.45) is 7.82. The third-order valence-corrected chi connectivity index (χ3v) is 8.18. The lowest BCUT2D eigenvalue weighted by Gasteiger charge is -2.29. The van der Waals surface area contributed by atoms with E-state index in [4.69, 9.17) is 4.98 Å². The Kier molecular flexibility index (Phi) is 7.07. The summed E-state index contributed by atoms with van der Waals surface area (Å²) in [5.41, 5.74) is 3.13. The normalized spacial score (nSPS) is 18.2. The zero-order valence-corrected chi connectivity index (χ0v) is 20.2. The summed E-state index contributed by atoms with van der Waals surface area (Å²) in [6, 6.07) is 4.13. The Morgan fingerprint density at radius 2 is 1.82 bits per heavy atom. The molecule has 0 radical (unpaired) electrons. The van der Waals surface area contributed by atoms with Crippen LogP contribution in [0.3, 0.4) is 0 Å². The summed E-state index contributed by atoms with van der Waals surface area (Å²) in [6.45, 7) is 1.52. The fraction of sp³-hybridized carbons (Fsp3) is 0.522. The third kappa shape index (κ3) is 5.22. The van der Waals surface area contributed by atoms with Gasteiger partial charge in [0.05, 0.1) is 16.6 Å². The van der Waals surface area contributed by atoms with Gasteiger partial charge in [0, 0.05) is 22.7 Å². The summed E-state index contributed by atoms with van der Waals surface area (Å²) in [5.74, 6) is -0.589. The molecule has 0 bridgehead atoms. The number of fused-ring (bicyclic) bond motifs is 1. The predicted molar refractivity (Wildman–Crippen MR) is 126 cm³/mol. The topological polar surface area (TPSA) is 113 Å². The van der Waals surface area contributed by atoms with Gasteiger partial charge in [-0.3, -0.25) is 14.3 Å². The third-order valence-electron chi connectivity index (χ3n) is 6.78. The van der Waals surface area contributed by atoms with Crippen LogP contribution in [0.2, 0.25) is 0 Å². The maximum atomic E-state index is 15.3. The van der Waals surface area contributed by atoms with E-state index in [2.05, 4.69) is 4.72 Å². The van der Waals surface area contributed by atoms with Crippen molar-refractivity contribution in [1.29, 1.82) is 0 Å². The lowest BCUT2D eigenvalue weighted by Crippen LogP contribution is -2.20. The standard InChI is InChI=1S/C23H29FN2O5S2/c1-14(32(27)28)16-11-12-19(24)18(13-16)21-17-9-5-6-10-20(17)25-22(15-7-3-2-4-8-15)23(21)26-33(29,30)31/h11-15,26,32H,2-10H2,1H3,(H,29,30,31). The SMILES string of the molecule is CC(c1ccc(F)c(-c2c3c(nc(C4CCCCC4)c2NS(=O)(=O)O)CCCC3)c1)[SH](=O)=O. The Labute approximate surface area is 195 Å². The van der Waals surface area contributed by atoms with Crippen LogP contribution in [-0.4, -0.2) is 26.4 Å². The number of pyridine rings is 1. The fourth-order valence-corrected chi connectivity index (χ4v) is 5.95. The van der Waals surface area contributed by atoms with Crippen molar-refractivity contribution in [2.24, 2.45) is 0 Å². The van der Waals surface area contributed by atoms with Crippen LogP contribution in [0.1, 0.15) is 85.6 Å². The summed E-state index contributed by atoms with van der Waals surface area (Å²) >= 11 is 0. The quantitative estimate of drug-likeness (QED) is 0.395. The first-order valence-electron chi connectivity index (χ1n) is 11.4. The van der Waals surface area contributed by atoms with Crippen LogP contribution in [0.4, 0.5) is 10.1 Å². The zero-order chi connectivity index (χ0) is 23.8. The molecular weight excluding hydrogens is 467 g/mol. The number of aryl methyl sites for hydroxylation is 1. The number of hydrogen-bond acceptors (Lipinski definition) is 5. The minimum absolute atomic E-state index is 0.00438. The first-order valence-corrected chi connectivity index (χ1v) is 14.1. The first-order chi connectivity index (χ1) is 15.7. The van der Waals surface area contributed by atoms with Crippen molar-refractivity contribution < 1.29 is 25.8 Å². The van der Waals surface area contributed by atoms with E-state index in [0.29, 0.717) is 29.7 Å². The Bertz CT molecular complexity index is 1230. The van der Waals surface area contributed by atoms with Gasteiger partial charge in [-0.15, -0.1) is 0 Å². The van der Waals surface area contributed by atoms with Crippen molar-refractivity contribution in [2.75, 3.05) is 4.72 Å². The molecule has 1 aromatic heterocycles. The van der Waals surface area contributed by atoms with E-state index in [9.17, 15) is 21.4 Å². The average molecular weight is 497 g/mol. The largest absolute Gasteiger partial charge is 0.357 e. The second-order valence-electron chi connectivity index (χ2n) is 8.99. The van der Waals surface area contributed by atoms with Crippen molar-refractivity contribution in [3.8, 4) is 11.1 Å². The number of rotatable bonds is 6. The van der Waals surface area contributed by atoms with E-state index in [1.807, 2.05) is 0 Å². The molecule has 2 aliphatic carbocycles. The predicted octanol–water partition coefficient (Wildman–Crippen LogP) is 4.70. The lowest BCUT2D eigenvalue weighted by molar-refractivity contribution is 0.436. The van der Waals surface area contributed by atoms with Gasteiger partial charge in [-0.05, 0) is 68.7 Å². The molecule has 4 rings (SSSR count). The second-order valence-corrected chi connectivity index (χ2v) is 11.5. The highest BCUT2D eigenvalue weighted by Gasteiger charge is 2.30. The zero-order valence-electron chi connectivity index (χ0n) is 18.5. The molecule has 1 atom stereocenters. The van der Waals surface area contributed by atoms with Crippen molar-refractivity contribution in [1.82, 2.24) is 4.98 Å². The van der Waals surface area contributed by atoms with E-state index in [1.54, 1.807) is 0 Å². The van der Waals surface area contributed by atoms with Gasteiger partial charge in [0.15, 0.2) is 0 Å². The van der Waals surface area contributed by atoms with E-state index >= 15 is 4.39 Å². The lowest BCUT2D eigenvalue weighted by atomic mass is 9.81. The number of nitrogens with one attached hydrogen (secondary N) is 1. The molecule has 7 nitrogen and oxygen atoms in total. The minimum Gasteiger partial charge on any atom is -0.269 e. The maximum absolute atomic E-state index is 15.3.